The maximum atomic E-state index is 13.5. The number of anilines is 1. The highest BCUT2D eigenvalue weighted by atomic mass is 19.1. The summed E-state index contributed by atoms with van der Waals surface area (Å²) in [5.74, 6) is -0.263. The highest BCUT2D eigenvalue weighted by molar-refractivity contribution is 5.45. The molecule has 0 fully saturated rings. The Hall–Kier alpha value is -1.13. The van der Waals surface area contributed by atoms with Gasteiger partial charge in [0.2, 0.25) is 0 Å². The van der Waals surface area contributed by atoms with Crippen LogP contribution in [0.5, 0.6) is 0 Å². The molecule has 3 nitrogen and oxygen atoms in total. The van der Waals surface area contributed by atoms with Crippen LogP contribution in [0.1, 0.15) is 20.3 Å². The Morgan fingerprint density at radius 1 is 1.41 bits per heavy atom. The molecule has 1 rings (SSSR count). The van der Waals surface area contributed by atoms with Crippen molar-refractivity contribution in [3.05, 3.63) is 30.1 Å². The van der Waals surface area contributed by atoms with E-state index in [0.717, 1.165) is 0 Å². The standard InChI is InChI=1S/C13H21FN2O/c1-13(2,17-3)8-10(9-15)16-12-7-5-4-6-11(12)14/h4-7,10,16H,8-9,15H2,1-3H3. The summed E-state index contributed by atoms with van der Waals surface area (Å²) in [5.41, 5.74) is 5.90. The zero-order valence-corrected chi connectivity index (χ0v) is 10.7. The molecule has 0 saturated heterocycles. The summed E-state index contributed by atoms with van der Waals surface area (Å²) >= 11 is 0. The normalized spacial score (nSPS) is 13.5. The fourth-order valence-corrected chi connectivity index (χ4v) is 1.67. The second-order valence-corrected chi connectivity index (χ2v) is 4.72. The van der Waals surface area contributed by atoms with E-state index in [2.05, 4.69) is 5.32 Å². The number of rotatable bonds is 6. The summed E-state index contributed by atoms with van der Waals surface area (Å²) in [4.78, 5) is 0. The molecule has 0 aromatic heterocycles. The number of hydrogen-bond donors (Lipinski definition) is 2. The number of ether oxygens (including phenoxy) is 1. The van der Waals surface area contributed by atoms with E-state index >= 15 is 0 Å². The van der Waals surface area contributed by atoms with E-state index < -0.39 is 0 Å². The molecule has 0 radical (unpaired) electrons. The van der Waals surface area contributed by atoms with E-state index in [-0.39, 0.29) is 17.5 Å². The zero-order valence-electron chi connectivity index (χ0n) is 10.7. The highest BCUT2D eigenvalue weighted by Crippen LogP contribution is 2.20. The van der Waals surface area contributed by atoms with Gasteiger partial charge in [-0.3, -0.25) is 0 Å². The second kappa shape index (κ2) is 5.98. The van der Waals surface area contributed by atoms with E-state index in [1.165, 1.54) is 6.07 Å². The monoisotopic (exact) mass is 240 g/mol. The van der Waals surface area contributed by atoms with E-state index in [0.29, 0.717) is 18.7 Å². The molecule has 0 aliphatic carbocycles. The average molecular weight is 240 g/mol. The summed E-state index contributed by atoms with van der Waals surface area (Å²) in [6.07, 6.45) is 0.717. The number of hydrogen-bond acceptors (Lipinski definition) is 3. The van der Waals surface area contributed by atoms with Gasteiger partial charge in [0.05, 0.1) is 11.3 Å². The molecule has 3 N–H and O–H groups in total. The van der Waals surface area contributed by atoms with E-state index in [9.17, 15) is 4.39 Å². The lowest BCUT2D eigenvalue weighted by Gasteiger charge is -2.29. The van der Waals surface area contributed by atoms with E-state index in [1.807, 2.05) is 13.8 Å². The van der Waals surface area contributed by atoms with Crippen molar-refractivity contribution in [3.8, 4) is 0 Å². The molecule has 0 bridgehead atoms. The van der Waals surface area contributed by atoms with Crippen LogP contribution < -0.4 is 11.1 Å². The van der Waals surface area contributed by atoms with Crippen molar-refractivity contribution in [2.75, 3.05) is 19.0 Å². The van der Waals surface area contributed by atoms with Crippen LogP contribution in [0, 0.1) is 5.82 Å². The molecule has 1 atom stereocenters. The lowest BCUT2D eigenvalue weighted by atomic mass is 9.98. The Kier molecular flexibility index (Phi) is 4.90. The molecular formula is C13H21FN2O. The summed E-state index contributed by atoms with van der Waals surface area (Å²) in [7, 11) is 1.66. The smallest absolute Gasteiger partial charge is 0.146 e. The van der Waals surface area contributed by atoms with Crippen molar-refractivity contribution in [1.29, 1.82) is 0 Å². The maximum absolute atomic E-state index is 13.5. The van der Waals surface area contributed by atoms with Crippen molar-refractivity contribution in [1.82, 2.24) is 0 Å². The first-order valence-corrected chi connectivity index (χ1v) is 5.75. The number of nitrogens with one attached hydrogen (secondary N) is 1. The lowest BCUT2D eigenvalue weighted by molar-refractivity contribution is 0.0121. The van der Waals surface area contributed by atoms with Gasteiger partial charge in [0.25, 0.3) is 0 Å². The summed E-state index contributed by atoms with van der Waals surface area (Å²) < 4.78 is 18.8. The molecule has 17 heavy (non-hydrogen) atoms. The maximum Gasteiger partial charge on any atom is 0.146 e. The Morgan fingerprint density at radius 2 is 2.06 bits per heavy atom. The number of halogens is 1. The van der Waals surface area contributed by atoms with Crippen LogP contribution in [0.25, 0.3) is 0 Å². The van der Waals surface area contributed by atoms with Gasteiger partial charge < -0.3 is 15.8 Å². The summed E-state index contributed by atoms with van der Waals surface area (Å²) in [5, 5.41) is 3.11. The third kappa shape index (κ3) is 4.32. The molecule has 96 valence electrons. The summed E-state index contributed by atoms with van der Waals surface area (Å²) in [6, 6.07) is 6.58. The first kappa shape index (κ1) is 13.9. The van der Waals surface area contributed by atoms with Crippen LogP contribution in [0.4, 0.5) is 10.1 Å². The zero-order chi connectivity index (χ0) is 12.9. The molecule has 1 unspecified atom stereocenters. The third-order valence-electron chi connectivity index (χ3n) is 2.81. The Balaban J connectivity index is 2.68. The number of benzene rings is 1. The predicted octanol–water partition coefficient (Wildman–Crippen LogP) is 2.38. The Morgan fingerprint density at radius 3 is 2.59 bits per heavy atom. The molecule has 0 saturated carbocycles. The topological polar surface area (TPSA) is 47.3 Å². The number of methoxy groups -OCH3 is 1. The number of para-hydroxylation sites is 1. The molecule has 0 aliphatic heterocycles. The SMILES string of the molecule is COC(C)(C)CC(CN)Nc1ccccc1F. The predicted molar refractivity (Wildman–Crippen MR) is 68.6 cm³/mol. The van der Waals surface area contributed by atoms with Gasteiger partial charge in [0.1, 0.15) is 5.82 Å². The first-order valence-electron chi connectivity index (χ1n) is 5.75. The summed E-state index contributed by atoms with van der Waals surface area (Å²) in [6.45, 7) is 4.40. The average Bonchev–Trinajstić information content (AvgIpc) is 2.31. The van der Waals surface area contributed by atoms with E-state index in [1.54, 1.807) is 25.3 Å². The largest absolute Gasteiger partial charge is 0.379 e. The molecule has 1 aromatic rings. The van der Waals surface area contributed by atoms with Gasteiger partial charge >= 0.3 is 0 Å². The van der Waals surface area contributed by atoms with Crippen molar-refractivity contribution in [2.45, 2.75) is 31.9 Å². The minimum absolute atomic E-state index is 0.0122. The van der Waals surface area contributed by atoms with Crippen LogP contribution in [0.2, 0.25) is 0 Å². The molecule has 0 aliphatic rings. The second-order valence-electron chi connectivity index (χ2n) is 4.72. The van der Waals surface area contributed by atoms with Crippen LogP contribution in [0.15, 0.2) is 24.3 Å². The quantitative estimate of drug-likeness (QED) is 0.802. The van der Waals surface area contributed by atoms with Crippen LogP contribution in [-0.4, -0.2) is 25.3 Å². The van der Waals surface area contributed by atoms with Gasteiger partial charge in [0, 0.05) is 19.7 Å². The van der Waals surface area contributed by atoms with Crippen molar-refractivity contribution in [3.63, 3.8) is 0 Å². The lowest BCUT2D eigenvalue weighted by Crippen LogP contribution is -2.37. The molecule has 0 amide bonds. The Bertz CT molecular complexity index is 355. The fraction of sp³-hybridized carbons (Fsp3) is 0.538. The van der Waals surface area contributed by atoms with Gasteiger partial charge in [-0.1, -0.05) is 12.1 Å². The molecule has 0 heterocycles. The van der Waals surface area contributed by atoms with Crippen molar-refractivity contribution >= 4 is 5.69 Å². The molecule has 4 heteroatoms. The third-order valence-corrected chi connectivity index (χ3v) is 2.81. The minimum atomic E-state index is -0.276. The van der Waals surface area contributed by atoms with Gasteiger partial charge in [0.15, 0.2) is 0 Å². The van der Waals surface area contributed by atoms with Crippen LogP contribution in [0.3, 0.4) is 0 Å². The van der Waals surface area contributed by atoms with E-state index in [4.69, 9.17) is 10.5 Å². The molecule has 0 spiro atoms. The van der Waals surface area contributed by atoms with Gasteiger partial charge in [-0.2, -0.15) is 0 Å². The van der Waals surface area contributed by atoms with Gasteiger partial charge in [-0.05, 0) is 32.4 Å². The minimum Gasteiger partial charge on any atom is -0.379 e. The van der Waals surface area contributed by atoms with Gasteiger partial charge in [-0.25, -0.2) is 4.39 Å². The van der Waals surface area contributed by atoms with Gasteiger partial charge in [-0.15, -0.1) is 0 Å². The van der Waals surface area contributed by atoms with Crippen LogP contribution in [-0.2, 0) is 4.74 Å². The fourth-order valence-electron chi connectivity index (χ4n) is 1.67. The van der Waals surface area contributed by atoms with Crippen molar-refractivity contribution < 1.29 is 9.13 Å². The first-order chi connectivity index (χ1) is 7.98. The molecule has 1 aromatic carbocycles. The van der Waals surface area contributed by atoms with Crippen LogP contribution >= 0.6 is 0 Å². The molecular weight excluding hydrogens is 219 g/mol. The highest BCUT2D eigenvalue weighted by Gasteiger charge is 2.22. The Labute approximate surface area is 102 Å². The number of nitrogens with two attached hydrogens (primary N) is 1. The van der Waals surface area contributed by atoms with Crippen molar-refractivity contribution in [2.24, 2.45) is 5.73 Å².